The van der Waals surface area contributed by atoms with E-state index in [9.17, 15) is 18.4 Å². The number of amides is 2. The van der Waals surface area contributed by atoms with Crippen molar-refractivity contribution in [1.82, 2.24) is 10.9 Å². The van der Waals surface area contributed by atoms with Gasteiger partial charge in [0.05, 0.1) is 0 Å². The Hall–Kier alpha value is -3.02. The second-order valence-electron chi connectivity index (χ2n) is 4.34. The Morgan fingerprint density at radius 1 is 0.909 bits per heavy atom. The van der Waals surface area contributed by atoms with E-state index < -0.39 is 23.4 Å². The predicted molar refractivity (Wildman–Crippen MR) is 77.4 cm³/mol. The lowest BCUT2D eigenvalue weighted by Gasteiger charge is -2.05. The van der Waals surface area contributed by atoms with E-state index in [0.29, 0.717) is 5.56 Å². The van der Waals surface area contributed by atoms with Crippen molar-refractivity contribution in [2.75, 3.05) is 0 Å². The first-order valence-corrected chi connectivity index (χ1v) is 6.34. The number of carbonyl (C=O) groups excluding carboxylic acids is 2. The summed E-state index contributed by atoms with van der Waals surface area (Å²) in [5, 5.41) is 0. The van der Waals surface area contributed by atoms with Gasteiger partial charge in [-0.3, -0.25) is 20.4 Å². The minimum atomic E-state index is -0.584. The first-order valence-electron chi connectivity index (χ1n) is 6.34. The molecule has 0 fully saturated rings. The molecule has 0 heterocycles. The standard InChI is InChI=1S/C16H12F2N2O2/c17-13-7-5-12(6-8-13)16(22)20-19-15(21)9-4-11-2-1-3-14(18)10-11/h1-10H,(H,19,21)(H,20,22)/b9-4+. The molecule has 0 radical (unpaired) electrons. The smallest absolute Gasteiger partial charge is 0.268 e. The molecular weight excluding hydrogens is 290 g/mol. The molecule has 0 saturated carbocycles. The highest BCUT2D eigenvalue weighted by atomic mass is 19.1. The number of benzene rings is 2. The van der Waals surface area contributed by atoms with Crippen LogP contribution in [0.25, 0.3) is 6.08 Å². The first-order chi connectivity index (χ1) is 10.5. The van der Waals surface area contributed by atoms with Crippen LogP contribution in [-0.4, -0.2) is 11.8 Å². The van der Waals surface area contributed by atoms with Crippen LogP contribution in [-0.2, 0) is 4.79 Å². The zero-order valence-electron chi connectivity index (χ0n) is 11.3. The van der Waals surface area contributed by atoms with Crippen molar-refractivity contribution in [2.45, 2.75) is 0 Å². The van der Waals surface area contributed by atoms with E-state index in [4.69, 9.17) is 0 Å². The lowest BCUT2D eigenvalue weighted by atomic mass is 10.2. The number of hydrazine groups is 1. The molecule has 2 aromatic rings. The van der Waals surface area contributed by atoms with Crippen molar-refractivity contribution in [3.63, 3.8) is 0 Å². The van der Waals surface area contributed by atoms with E-state index in [2.05, 4.69) is 10.9 Å². The molecule has 0 spiro atoms. The number of rotatable bonds is 3. The van der Waals surface area contributed by atoms with Crippen molar-refractivity contribution >= 4 is 17.9 Å². The van der Waals surface area contributed by atoms with E-state index in [-0.39, 0.29) is 5.56 Å². The molecule has 2 N–H and O–H groups in total. The van der Waals surface area contributed by atoms with Gasteiger partial charge in [0.2, 0.25) is 0 Å². The summed E-state index contributed by atoms with van der Waals surface area (Å²) in [6.07, 6.45) is 2.56. The highest BCUT2D eigenvalue weighted by Crippen LogP contribution is 2.05. The molecule has 22 heavy (non-hydrogen) atoms. The van der Waals surface area contributed by atoms with Gasteiger partial charge in [-0.1, -0.05) is 12.1 Å². The van der Waals surface area contributed by atoms with Crippen molar-refractivity contribution in [3.05, 3.63) is 77.4 Å². The molecule has 4 nitrogen and oxygen atoms in total. The lowest BCUT2D eigenvalue weighted by Crippen LogP contribution is -2.40. The second kappa shape index (κ2) is 7.12. The average molecular weight is 302 g/mol. The van der Waals surface area contributed by atoms with Gasteiger partial charge in [-0.15, -0.1) is 0 Å². The third kappa shape index (κ3) is 4.52. The summed E-state index contributed by atoms with van der Waals surface area (Å²) >= 11 is 0. The van der Waals surface area contributed by atoms with Crippen molar-refractivity contribution in [3.8, 4) is 0 Å². The largest absolute Gasteiger partial charge is 0.269 e. The monoisotopic (exact) mass is 302 g/mol. The van der Waals surface area contributed by atoms with Gasteiger partial charge in [-0.05, 0) is 48.0 Å². The molecule has 2 amide bonds. The topological polar surface area (TPSA) is 58.2 Å². The zero-order valence-corrected chi connectivity index (χ0v) is 11.3. The van der Waals surface area contributed by atoms with Gasteiger partial charge in [-0.2, -0.15) is 0 Å². The van der Waals surface area contributed by atoms with E-state index in [0.717, 1.165) is 18.2 Å². The SMILES string of the molecule is O=C(/C=C/c1cccc(F)c1)NNC(=O)c1ccc(F)cc1. The summed E-state index contributed by atoms with van der Waals surface area (Å²) in [5.74, 6) is -2.03. The number of carbonyl (C=O) groups is 2. The number of hydrogen-bond acceptors (Lipinski definition) is 2. The molecule has 2 aromatic carbocycles. The molecule has 0 aliphatic carbocycles. The third-order valence-electron chi connectivity index (χ3n) is 2.68. The second-order valence-corrected chi connectivity index (χ2v) is 4.34. The Labute approximate surface area is 125 Å². The highest BCUT2D eigenvalue weighted by Gasteiger charge is 2.05. The van der Waals surface area contributed by atoms with Crippen LogP contribution in [0.1, 0.15) is 15.9 Å². The van der Waals surface area contributed by atoms with Crippen LogP contribution >= 0.6 is 0 Å². The van der Waals surface area contributed by atoms with Gasteiger partial charge < -0.3 is 0 Å². The Kier molecular flexibility index (Phi) is 4.98. The fraction of sp³-hybridized carbons (Fsp3) is 0. The average Bonchev–Trinajstić information content (AvgIpc) is 2.51. The minimum Gasteiger partial charge on any atom is -0.268 e. The number of halogens is 2. The van der Waals surface area contributed by atoms with E-state index in [1.165, 1.54) is 36.4 Å². The summed E-state index contributed by atoms with van der Waals surface area (Å²) in [6, 6.07) is 10.6. The van der Waals surface area contributed by atoms with Gasteiger partial charge in [0.1, 0.15) is 11.6 Å². The summed E-state index contributed by atoms with van der Waals surface area (Å²) in [4.78, 5) is 23.2. The Balaban J connectivity index is 1.87. The van der Waals surface area contributed by atoms with Gasteiger partial charge in [0.25, 0.3) is 11.8 Å². The Morgan fingerprint density at radius 3 is 2.32 bits per heavy atom. The summed E-state index contributed by atoms with van der Waals surface area (Å²) in [7, 11) is 0. The van der Waals surface area contributed by atoms with E-state index in [1.54, 1.807) is 6.07 Å². The van der Waals surface area contributed by atoms with Crippen molar-refractivity contribution < 1.29 is 18.4 Å². The normalized spacial score (nSPS) is 10.5. The molecule has 0 atom stereocenters. The van der Waals surface area contributed by atoms with Crippen LogP contribution in [0.3, 0.4) is 0 Å². The van der Waals surface area contributed by atoms with Gasteiger partial charge >= 0.3 is 0 Å². The number of nitrogens with one attached hydrogen (secondary N) is 2. The van der Waals surface area contributed by atoms with Gasteiger partial charge in [0, 0.05) is 11.6 Å². The molecule has 2 rings (SSSR count). The van der Waals surface area contributed by atoms with Gasteiger partial charge in [-0.25, -0.2) is 8.78 Å². The highest BCUT2D eigenvalue weighted by molar-refractivity contribution is 5.97. The van der Waals surface area contributed by atoms with Crippen molar-refractivity contribution in [1.29, 1.82) is 0 Å². The summed E-state index contributed by atoms with van der Waals surface area (Å²) in [6.45, 7) is 0. The molecule has 0 aromatic heterocycles. The fourth-order valence-electron chi connectivity index (χ4n) is 1.62. The lowest BCUT2D eigenvalue weighted by molar-refractivity contribution is -0.117. The predicted octanol–water partition coefficient (Wildman–Crippen LogP) is 2.44. The number of hydrogen-bond donors (Lipinski definition) is 2. The molecule has 0 bridgehead atoms. The molecule has 112 valence electrons. The minimum absolute atomic E-state index is 0.204. The molecular formula is C16H12F2N2O2. The fourth-order valence-corrected chi connectivity index (χ4v) is 1.62. The molecule has 0 aliphatic heterocycles. The van der Waals surface area contributed by atoms with Crippen LogP contribution in [0.4, 0.5) is 8.78 Å². The summed E-state index contributed by atoms with van der Waals surface area (Å²) < 4.78 is 25.7. The van der Waals surface area contributed by atoms with Crippen LogP contribution in [0.2, 0.25) is 0 Å². The quantitative estimate of drug-likeness (QED) is 0.676. The summed E-state index contributed by atoms with van der Waals surface area (Å²) in [5.41, 5.74) is 5.07. The van der Waals surface area contributed by atoms with Crippen LogP contribution in [0, 0.1) is 11.6 Å². The third-order valence-corrected chi connectivity index (χ3v) is 2.68. The van der Waals surface area contributed by atoms with Gasteiger partial charge in [0.15, 0.2) is 0 Å². The molecule has 0 aliphatic rings. The van der Waals surface area contributed by atoms with Crippen LogP contribution < -0.4 is 10.9 Å². The maximum atomic E-state index is 12.9. The van der Waals surface area contributed by atoms with Crippen LogP contribution in [0.15, 0.2) is 54.6 Å². The van der Waals surface area contributed by atoms with Crippen LogP contribution in [0.5, 0.6) is 0 Å². The van der Waals surface area contributed by atoms with E-state index in [1.807, 2.05) is 0 Å². The molecule has 0 unspecified atom stereocenters. The zero-order chi connectivity index (χ0) is 15.9. The maximum Gasteiger partial charge on any atom is 0.269 e. The Morgan fingerprint density at radius 2 is 1.64 bits per heavy atom. The Bertz CT molecular complexity index is 712. The molecule has 0 saturated heterocycles. The first kappa shape index (κ1) is 15.4. The maximum absolute atomic E-state index is 12.9. The van der Waals surface area contributed by atoms with E-state index >= 15 is 0 Å². The van der Waals surface area contributed by atoms with Crippen molar-refractivity contribution in [2.24, 2.45) is 0 Å². The molecule has 6 heteroatoms.